The minimum atomic E-state index is -3.17. The maximum atomic E-state index is 11.9. The molecule has 1 aliphatic heterocycles. The third-order valence-electron chi connectivity index (χ3n) is 4.09. The fraction of sp³-hybridized carbons (Fsp3) is 0.923. The molecule has 2 rings (SSSR count). The number of likely N-dealkylation sites (tertiary alicyclic amines) is 1. The Balaban J connectivity index is 0.00000220. The summed E-state index contributed by atoms with van der Waals surface area (Å²) in [5.74, 6) is 1.47. The van der Waals surface area contributed by atoms with Crippen molar-refractivity contribution in [2.24, 2.45) is 10.9 Å². The molecular weight excluding hydrogens is 403 g/mol. The van der Waals surface area contributed by atoms with Gasteiger partial charge in [-0.05, 0) is 31.6 Å². The molecule has 0 bridgehead atoms. The second-order valence-electron chi connectivity index (χ2n) is 5.63. The van der Waals surface area contributed by atoms with Gasteiger partial charge in [0.25, 0.3) is 0 Å². The smallest absolute Gasteiger partial charge is 0.213 e. The quantitative estimate of drug-likeness (QED) is 0.375. The Morgan fingerprint density at radius 2 is 1.90 bits per heavy atom. The van der Waals surface area contributed by atoms with Gasteiger partial charge in [-0.15, -0.1) is 24.0 Å². The van der Waals surface area contributed by atoms with Gasteiger partial charge in [0, 0.05) is 33.2 Å². The summed E-state index contributed by atoms with van der Waals surface area (Å²) in [5.41, 5.74) is 0. The van der Waals surface area contributed by atoms with Gasteiger partial charge < -0.3 is 10.2 Å². The van der Waals surface area contributed by atoms with E-state index < -0.39 is 10.0 Å². The van der Waals surface area contributed by atoms with Crippen LogP contribution in [0, 0.1) is 5.92 Å². The first-order chi connectivity index (χ1) is 9.61. The third kappa shape index (κ3) is 6.27. The summed E-state index contributed by atoms with van der Waals surface area (Å²) in [4.78, 5) is 6.38. The van der Waals surface area contributed by atoms with Crippen molar-refractivity contribution in [1.82, 2.24) is 14.9 Å². The van der Waals surface area contributed by atoms with Gasteiger partial charge in [-0.3, -0.25) is 4.99 Å². The SMILES string of the molecule is CN=C(NCCS(=O)(=O)NCC1CCC1)N1CCCC1.I. The van der Waals surface area contributed by atoms with Gasteiger partial charge in [0.2, 0.25) is 10.0 Å². The van der Waals surface area contributed by atoms with E-state index in [1.807, 2.05) is 0 Å². The monoisotopic (exact) mass is 430 g/mol. The summed E-state index contributed by atoms with van der Waals surface area (Å²) in [6.45, 7) is 3.02. The van der Waals surface area contributed by atoms with E-state index in [9.17, 15) is 8.42 Å². The van der Waals surface area contributed by atoms with Crippen LogP contribution in [0.25, 0.3) is 0 Å². The molecule has 1 saturated heterocycles. The second-order valence-corrected chi connectivity index (χ2v) is 7.56. The van der Waals surface area contributed by atoms with Gasteiger partial charge in [0.05, 0.1) is 5.75 Å². The second kappa shape index (κ2) is 9.14. The number of nitrogens with zero attached hydrogens (tertiary/aromatic N) is 2. The van der Waals surface area contributed by atoms with E-state index in [0.717, 1.165) is 31.9 Å². The molecule has 1 aliphatic carbocycles. The van der Waals surface area contributed by atoms with Crippen LogP contribution < -0.4 is 10.0 Å². The van der Waals surface area contributed by atoms with Crippen LogP contribution in [0.2, 0.25) is 0 Å². The number of hydrogen-bond acceptors (Lipinski definition) is 3. The zero-order valence-corrected chi connectivity index (χ0v) is 15.8. The number of aliphatic imine (C=N–C) groups is 1. The molecule has 0 unspecified atom stereocenters. The molecule has 0 spiro atoms. The number of nitrogens with one attached hydrogen (secondary N) is 2. The zero-order valence-electron chi connectivity index (χ0n) is 12.7. The molecule has 0 radical (unpaired) electrons. The molecule has 0 amide bonds. The molecule has 2 aliphatic rings. The van der Waals surface area contributed by atoms with Crippen LogP contribution in [0.4, 0.5) is 0 Å². The van der Waals surface area contributed by atoms with Gasteiger partial charge >= 0.3 is 0 Å². The first-order valence-corrected chi connectivity index (χ1v) is 9.19. The van der Waals surface area contributed by atoms with Gasteiger partial charge in [0.15, 0.2) is 5.96 Å². The highest BCUT2D eigenvalue weighted by atomic mass is 127. The van der Waals surface area contributed by atoms with E-state index in [1.165, 1.54) is 19.3 Å². The molecule has 2 fully saturated rings. The molecule has 0 aromatic rings. The highest BCUT2D eigenvalue weighted by Crippen LogP contribution is 2.25. The lowest BCUT2D eigenvalue weighted by Crippen LogP contribution is -2.43. The lowest BCUT2D eigenvalue weighted by atomic mass is 9.86. The summed E-state index contributed by atoms with van der Waals surface area (Å²) < 4.78 is 26.4. The Morgan fingerprint density at radius 1 is 1.24 bits per heavy atom. The van der Waals surface area contributed by atoms with Crippen LogP contribution in [0.3, 0.4) is 0 Å². The van der Waals surface area contributed by atoms with Crippen LogP contribution in [0.1, 0.15) is 32.1 Å². The van der Waals surface area contributed by atoms with Crippen LogP contribution in [0.15, 0.2) is 4.99 Å². The first kappa shape index (κ1) is 19.0. The largest absolute Gasteiger partial charge is 0.355 e. The summed E-state index contributed by atoms with van der Waals surface area (Å²) in [5, 5.41) is 3.14. The maximum Gasteiger partial charge on any atom is 0.213 e. The van der Waals surface area contributed by atoms with Gasteiger partial charge in [0.1, 0.15) is 0 Å². The molecule has 6 nitrogen and oxygen atoms in total. The number of guanidine groups is 1. The Labute approximate surface area is 145 Å². The summed E-state index contributed by atoms with van der Waals surface area (Å²) in [6, 6.07) is 0. The van der Waals surface area contributed by atoms with Crippen LogP contribution >= 0.6 is 24.0 Å². The van der Waals surface area contributed by atoms with Crippen molar-refractivity contribution in [3.05, 3.63) is 0 Å². The van der Waals surface area contributed by atoms with Crippen molar-refractivity contribution in [1.29, 1.82) is 0 Å². The number of halogens is 1. The summed E-state index contributed by atoms with van der Waals surface area (Å²) >= 11 is 0. The van der Waals surface area contributed by atoms with Gasteiger partial charge in [-0.1, -0.05) is 6.42 Å². The lowest BCUT2D eigenvalue weighted by Gasteiger charge is -2.25. The minimum Gasteiger partial charge on any atom is -0.355 e. The van der Waals surface area contributed by atoms with Crippen molar-refractivity contribution in [3.8, 4) is 0 Å². The van der Waals surface area contributed by atoms with Gasteiger partial charge in [-0.2, -0.15) is 0 Å². The van der Waals surface area contributed by atoms with Crippen molar-refractivity contribution in [3.63, 3.8) is 0 Å². The summed E-state index contributed by atoms with van der Waals surface area (Å²) in [7, 11) is -1.43. The maximum absolute atomic E-state index is 11.9. The molecule has 0 aromatic carbocycles. The van der Waals surface area contributed by atoms with Crippen molar-refractivity contribution >= 4 is 40.0 Å². The molecule has 21 heavy (non-hydrogen) atoms. The number of rotatable bonds is 6. The Morgan fingerprint density at radius 3 is 2.43 bits per heavy atom. The van der Waals surface area contributed by atoms with Crippen LogP contribution in [-0.2, 0) is 10.0 Å². The zero-order chi connectivity index (χ0) is 14.4. The van der Waals surface area contributed by atoms with Crippen LogP contribution in [-0.4, -0.2) is 58.3 Å². The molecule has 124 valence electrons. The standard InChI is InChI=1S/C13H26N4O2S.HI/c1-14-13(17-8-2-3-9-17)15-7-10-20(18,19)16-11-12-5-4-6-12;/h12,16H,2-11H2,1H3,(H,14,15);1H. The lowest BCUT2D eigenvalue weighted by molar-refractivity contribution is 0.316. The fourth-order valence-electron chi connectivity index (χ4n) is 2.57. The molecule has 0 aromatic heterocycles. The average Bonchev–Trinajstić information content (AvgIpc) is 2.86. The molecule has 0 atom stereocenters. The Hall–Kier alpha value is -0.0900. The molecule has 1 saturated carbocycles. The number of sulfonamides is 1. The average molecular weight is 430 g/mol. The predicted octanol–water partition coefficient (Wildman–Crippen LogP) is 0.995. The topological polar surface area (TPSA) is 73.8 Å². The van der Waals surface area contributed by atoms with Crippen molar-refractivity contribution in [2.45, 2.75) is 32.1 Å². The van der Waals surface area contributed by atoms with E-state index >= 15 is 0 Å². The van der Waals surface area contributed by atoms with E-state index in [0.29, 0.717) is 19.0 Å². The van der Waals surface area contributed by atoms with E-state index in [-0.39, 0.29) is 29.7 Å². The van der Waals surface area contributed by atoms with E-state index in [4.69, 9.17) is 0 Å². The third-order valence-corrected chi connectivity index (χ3v) is 5.44. The fourth-order valence-corrected chi connectivity index (χ4v) is 3.58. The van der Waals surface area contributed by atoms with Crippen molar-refractivity contribution < 1.29 is 8.42 Å². The molecule has 8 heteroatoms. The Bertz CT molecular complexity index is 431. The highest BCUT2D eigenvalue weighted by Gasteiger charge is 2.20. The highest BCUT2D eigenvalue weighted by molar-refractivity contribution is 14.0. The van der Waals surface area contributed by atoms with Crippen molar-refractivity contribution in [2.75, 3.05) is 39.0 Å². The predicted molar refractivity (Wildman–Crippen MR) is 96.7 cm³/mol. The number of hydrogen-bond donors (Lipinski definition) is 2. The molecule has 1 heterocycles. The van der Waals surface area contributed by atoms with E-state index in [1.54, 1.807) is 7.05 Å². The normalized spacial score (nSPS) is 20.0. The van der Waals surface area contributed by atoms with Gasteiger partial charge in [-0.25, -0.2) is 13.1 Å². The van der Waals surface area contributed by atoms with E-state index in [2.05, 4.69) is 19.9 Å². The van der Waals surface area contributed by atoms with Crippen LogP contribution in [0.5, 0.6) is 0 Å². The minimum absolute atomic E-state index is 0. The molecule has 2 N–H and O–H groups in total. The Kier molecular flexibility index (Phi) is 8.25. The summed E-state index contributed by atoms with van der Waals surface area (Å²) in [6.07, 6.45) is 5.91. The first-order valence-electron chi connectivity index (χ1n) is 7.53. The molecular formula is C13H27IN4O2S.